The summed E-state index contributed by atoms with van der Waals surface area (Å²) in [6.07, 6.45) is 5.91. The molecule has 0 N–H and O–H groups in total. The SMILES string of the molecule is CCC/C=C(/C)Cc1cccc(C)c1C. The van der Waals surface area contributed by atoms with Gasteiger partial charge in [0.2, 0.25) is 0 Å². The van der Waals surface area contributed by atoms with Crippen molar-refractivity contribution >= 4 is 0 Å². The molecule has 0 aliphatic rings. The van der Waals surface area contributed by atoms with Gasteiger partial charge in [-0.25, -0.2) is 0 Å². The highest BCUT2D eigenvalue weighted by Gasteiger charge is 2.00. The quantitative estimate of drug-likeness (QED) is 0.626. The average molecular weight is 202 g/mol. The first kappa shape index (κ1) is 12.0. The maximum atomic E-state index is 2.36. The lowest BCUT2D eigenvalue weighted by Crippen LogP contribution is -1.93. The monoisotopic (exact) mass is 202 g/mol. The summed E-state index contributed by atoms with van der Waals surface area (Å²) in [7, 11) is 0. The molecule has 1 rings (SSSR count). The average Bonchev–Trinajstić information content (AvgIpc) is 2.22. The van der Waals surface area contributed by atoms with Crippen LogP contribution in [-0.4, -0.2) is 0 Å². The van der Waals surface area contributed by atoms with Crippen molar-refractivity contribution in [3.8, 4) is 0 Å². The summed E-state index contributed by atoms with van der Waals surface area (Å²) in [5, 5.41) is 0. The number of aryl methyl sites for hydroxylation is 1. The van der Waals surface area contributed by atoms with Gasteiger partial charge < -0.3 is 0 Å². The minimum atomic E-state index is 1.10. The molecule has 0 fully saturated rings. The first-order valence-electron chi connectivity index (χ1n) is 5.86. The van der Waals surface area contributed by atoms with Crippen molar-refractivity contribution in [1.82, 2.24) is 0 Å². The molecule has 0 bridgehead atoms. The second-order valence-corrected chi connectivity index (χ2v) is 4.37. The summed E-state index contributed by atoms with van der Waals surface area (Å²) in [5.41, 5.74) is 5.81. The Morgan fingerprint density at radius 1 is 1.27 bits per heavy atom. The third-order valence-electron chi connectivity index (χ3n) is 2.97. The molecular weight excluding hydrogens is 180 g/mol. The van der Waals surface area contributed by atoms with Crippen LogP contribution in [0.25, 0.3) is 0 Å². The van der Waals surface area contributed by atoms with Crippen molar-refractivity contribution in [2.24, 2.45) is 0 Å². The van der Waals surface area contributed by atoms with E-state index in [4.69, 9.17) is 0 Å². The molecule has 1 aromatic carbocycles. The van der Waals surface area contributed by atoms with Gasteiger partial charge in [0.1, 0.15) is 0 Å². The van der Waals surface area contributed by atoms with Gasteiger partial charge in [-0.2, -0.15) is 0 Å². The fourth-order valence-corrected chi connectivity index (χ4v) is 1.77. The Morgan fingerprint density at radius 2 is 2.00 bits per heavy atom. The Balaban J connectivity index is 2.76. The van der Waals surface area contributed by atoms with Gasteiger partial charge >= 0.3 is 0 Å². The van der Waals surface area contributed by atoms with Gasteiger partial charge in [-0.05, 0) is 50.3 Å². The molecule has 0 amide bonds. The van der Waals surface area contributed by atoms with E-state index < -0.39 is 0 Å². The summed E-state index contributed by atoms with van der Waals surface area (Å²) in [6, 6.07) is 6.58. The lowest BCUT2D eigenvalue weighted by Gasteiger charge is -2.08. The fourth-order valence-electron chi connectivity index (χ4n) is 1.77. The number of unbranched alkanes of at least 4 members (excludes halogenated alkanes) is 1. The number of hydrogen-bond donors (Lipinski definition) is 0. The van der Waals surface area contributed by atoms with E-state index in [0.717, 1.165) is 6.42 Å². The molecule has 0 saturated carbocycles. The van der Waals surface area contributed by atoms with E-state index in [2.05, 4.69) is 52.0 Å². The summed E-state index contributed by atoms with van der Waals surface area (Å²) in [5.74, 6) is 0. The van der Waals surface area contributed by atoms with E-state index in [1.54, 1.807) is 0 Å². The van der Waals surface area contributed by atoms with Crippen LogP contribution >= 0.6 is 0 Å². The molecule has 0 unspecified atom stereocenters. The molecule has 0 heteroatoms. The van der Waals surface area contributed by atoms with Crippen molar-refractivity contribution in [1.29, 1.82) is 0 Å². The Kier molecular flexibility index (Phi) is 4.61. The molecule has 0 spiro atoms. The second-order valence-electron chi connectivity index (χ2n) is 4.37. The summed E-state index contributed by atoms with van der Waals surface area (Å²) < 4.78 is 0. The highest BCUT2D eigenvalue weighted by molar-refractivity contribution is 5.35. The zero-order chi connectivity index (χ0) is 11.3. The molecule has 1 aromatic rings. The third-order valence-corrected chi connectivity index (χ3v) is 2.97. The van der Waals surface area contributed by atoms with Gasteiger partial charge in [0, 0.05) is 0 Å². The van der Waals surface area contributed by atoms with Crippen molar-refractivity contribution < 1.29 is 0 Å². The standard InChI is InChI=1S/C15H22/c1-5-6-8-12(2)11-15-10-7-9-13(3)14(15)4/h7-10H,5-6,11H2,1-4H3/b12-8-. The van der Waals surface area contributed by atoms with Crippen LogP contribution in [0.3, 0.4) is 0 Å². The highest BCUT2D eigenvalue weighted by Crippen LogP contribution is 2.16. The molecule has 0 nitrogen and oxygen atoms in total. The van der Waals surface area contributed by atoms with Crippen LogP contribution in [0.5, 0.6) is 0 Å². The normalized spacial score (nSPS) is 11.9. The lowest BCUT2D eigenvalue weighted by molar-refractivity contribution is 0.937. The van der Waals surface area contributed by atoms with Crippen LogP contribution < -0.4 is 0 Å². The lowest BCUT2D eigenvalue weighted by atomic mass is 9.97. The maximum absolute atomic E-state index is 2.36. The predicted molar refractivity (Wildman–Crippen MR) is 68.3 cm³/mol. The molecule has 0 aromatic heterocycles. The Hall–Kier alpha value is -1.04. The van der Waals surface area contributed by atoms with E-state index in [0.29, 0.717) is 0 Å². The minimum absolute atomic E-state index is 1.10. The van der Waals surface area contributed by atoms with Crippen molar-refractivity contribution in [3.63, 3.8) is 0 Å². The van der Waals surface area contributed by atoms with Crippen LogP contribution in [-0.2, 0) is 6.42 Å². The van der Waals surface area contributed by atoms with Crippen molar-refractivity contribution in [2.45, 2.75) is 47.0 Å². The van der Waals surface area contributed by atoms with Gasteiger partial charge in [-0.15, -0.1) is 0 Å². The second kappa shape index (κ2) is 5.75. The fraction of sp³-hybridized carbons (Fsp3) is 0.467. The van der Waals surface area contributed by atoms with Gasteiger partial charge in [0.15, 0.2) is 0 Å². The number of rotatable bonds is 4. The van der Waals surface area contributed by atoms with Gasteiger partial charge in [0.05, 0.1) is 0 Å². The van der Waals surface area contributed by atoms with E-state index in [-0.39, 0.29) is 0 Å². The molecule has 0 atom stereocenters. The zero-order valence-corrected chi connectivity index (χ0v) is 10.4. The van der Waals surface area contributed by atoms with Gasteiger partial charge in [0.25, 0.3) is 0 Å². The molecule has 82 valence electrons. The first-order chi connectivity index (χ1) is 7.15. The number of hydrogen-bond acceptors (Lipinski definition) is 0. The van der Waals surface area contributed by atoms with Gasteiger partial charge in [-0.3, -0.25) is 0 Å². The van der Waals surface area contributed by atoms with Crippen molar-refractivity contribution in [2.75, 3.05) is 0 Å². The van der Waals surface area contributed by atoms with Crippen LogP contribution in [0, 0.1) is 13.8 Å². The summed E-state index contributed by atoms with van der Waals surface area (Å²) in [6.45, 7) is 8.86. The van der Waals surface area contributed by atoms with Gasteiger partial charge in [-0.1, -0.05) is 43.2 Å². The smallest absolute Gasteiger partial charge is 0.00672 e. The van der Waals surface area contributed by atoms with Crippen LogP contribution in [0.15, 0.2) is 29.8 Å². The molecule has 0 radical (unpaired) electrons. The largest absolute Gasteiger partial charge is 0.0853 e. The topological polar surface area (TPSA) is 0 Å². The Morgan fingerprint density at radius 3 is 2.67 bits per heavy atom. The summed E-state index contributed by atoms with van der Waals surface area (Å²) >= 11 is 0. The molecule has 0 aliphatic carbocycles. The molecule has 0 aliphatic heterocycles. The Bertz CT molecular complexity index is 345. The van der Waals surface area contributed by atoms with E-state index in [9.17, 15) is 0 Å². The zero-order valence-electron chi connectivity index (χ0n) is 10.4. The Labute approximate surface area is 94.0 Å². The van der Waals surface area contributed by atoms with Crippen LogP contribution in [0.4, 0.5) is 0 Å². The minimum Gasteiger partial charge on any atom is -0.0853 e. The summed E-state index contributed by atoms with van der Waals surface area (Å²) in [4.78, 5) is 0. The van der Waals surface area contributed by atoms with E-state index in [1.165, 1.54) is 35.1 Å². The van der Waals surface area contributed by atoms with Crippen molar-refractivity contribution in [3.05, 3.63) is 46.5 Å². The van der Waals surface area contributed by atoms with Crippen LogP contribution in [0.1, 0.15) is 43.4 Å². The van der Waals surface area contributed by atoms with E-state index in [1.807, 2.05) is 0 Å². The molecule has 15 heavy (non-hydrogen) atoms. The number of benzene rings is 1. The third kappa shape index (κ3) is 3.54. The predicted octanol–water partition coefficient (Wildman–Crippen LogP) is 4.59. The molecule has 0 heterocycles. The molecular formula is C15H22. The number of allylic oxidation sites excluding steroid dienone is 2. The van der Waals surface area contributed by atoms with Crippen LogP contribution in [0.2, 0.25) is 0 Å². The maximum Gasteiger partial charge on any atom is -0.00672 e. The molecule has 0 saturated heterocycles. The highest BCUT2D eigenvalue weighted by atomic mass is 14.1. The first-order valence-corrected chi connectivity index (χ1v) is 5.86. The van der Waals surface area contributed by atoms with E-state index >= 15 is 0 Å².